The van der Waals surface area contributed by atoms with Crippen molar-refractivity contribution in [1.29, 1.82) is 0 Å². The summed E-state index contributed by atoms with van der Waals surface area (Å²) in [5.74, 6) is -0.651. The molecule has 0 aliphatic rings. The molecule has 3 rings (SSSR count). The van der Waals surface area contributed by atoms with Crippen molar-refractivity contribution in [2.75, 3.05) is 0 Å². The van der Waals surface area contributed by atoms with E-state index in [0.29, 0.717) is 11.4 Å². The Morgan fingerprint density at radius 3 is 2.42 bits per heavy atom. The lowest BCUT2D eigenvalue weighted by Crippen LogP contribution is -2.42. The summed E-state index contributed by atoms with van der Waals surface area (Å²) in [6, 6.07) is 3.94. The molecule has 1 aromatic carbocycles. The van der Waals surface area contributed by atoms with Crippen LogP contribution in [0.3, 0.4) is 0 Å². The molecule has 0 spiro atoms. The summed E-state index contributed by atoms with van der Waals surface area (Å²) in [7, 11) is 0. The van der Waals surface area contributed by atoms with Crippen LogP contribution in [0.4, 0.5) is 13.2 Å². The van der Waals surface area contributed by atoms with Gasteiger partial charge in [-0.15, -0.1) is 13.2 Å². The highest BCUT2D eigenvalue weighted by molar-refractivity contribution is 5.92. The van der Waals surface area contributed by atoms with Crippen LogP contribution in [0.5, 0.6) is 5.75 Å². The van der Waals surface area contributed by atoms with Crippen LogP contribution in [-0.4, -0.2) is 42.5 Å². The first-order chi connectivity index (χ1) is 14.4. The minimum absolute atomic E-state index is 0.00451. The van der Waals surface area contributed by atoms with Gasteiger partial charge in [0.2, 0.25) is 0 Å². The second-order valence-corrected chi connectivity index (χ2v) is 7.36. The second-order valence-electron chi connectivity index (χ2n) is 7.36. The van der Waals surface area contributed by atoms with Gasteiger partial charge in [-0.3, -0.25) is 14.3 Å². The highest BCUT2D eigenvalue weighted by atomic mass is 19.4. The van der Waals surface area contributed by atoms with Crippen LogP contribution in [0, 0.1) is 6.92 Å². The van der Waals surface area contributed by atoms with E-state index in [1.807, 2.05) is 0 Å². The molecular weight excluding hydrogens is 415 g/mol. The molecule has 0 bridgehead atoms. The number of benzene rings is 1. The van der Waals surface area contributed by atoms with E-state index in [9.17, 15) is 23.1 Å². The maximum absolute atomic E-state index is 12.8. The van der Waals surface area contributed by atoms with Gasteiger partial charge in [0, 0.05) is 6.20 Å². The summed E-state index contributed by atoms with van der Waals surface area (Å²) in [5.41, 5.74) is -0.300. The largest absolute Gasteiger partial charge is 0.573 e. The SMILES string of the molecule is Cc1cn(-c2cncc(C(=O)NC(c3ccc(OC(F)(F)F)cc3)C(C)(C)O)n2)cn1. The number of aliphatic hydroxyl groups is 1. The number of rotatable bonds is 6. The van der Waals surface area contributed by atoms with Crippen molar-refractivity contribution in [2.24, 2.45) is 0 Å². The Bertz CT molecular complexity index is 1060. The van der Waals surface area contributed by atoms with Gasteiger partial charge >= 0.3 is 6.36 Å². The van der Waals surface area contributed by atoms with Crippen molar-refractivity contribution in [3.05, 3.63) is 66.1 Å². The summed E-state index contributed by atoms with van der Waals surface area (Å²) in [6.07, 6.45) is 1.17. The summed E-state index contributed by atoms with van der Waals surface area (Å²) in [6.45, 7) is 4.74. The predicted octanol–water partition coefficient (Wildman–Crippen LogP) is 3.11. The molecule has 31 heavy (non-hydrogen) atoms. The molecule has 8 nitrogen and oxygen atoms in total. The first-order valence-corrected chi connectivity index (χ1v) is 9.14. The number of hydrogen-bond acceptors (Lipinski definition) is 6. The zero-order valence-corrected chi connectivity index (χ0v) is 16.9. The molecular formula is C20H20F3N5O3. The van der Waals surface area contributed by atoms with Crippen LogP contribution in [0.1, 0.15) is 41.6 Å². The molecule has 164 valence electrons. The highest BCUT2D eigenvalue weighted by Gasteiger charge is 2.33. The van der Waals surface area contributed by atoms with E-state index in [2.05, 4.69) is 25.0 Å². The van der Waals surface area contributed by atoms with E-state index in [0.717, 1.165) is 17.8 Å². The minimum atomic E-state index is -4.82. The van der Waals surface area contributed by atoms with E-state index in [4.69, 9.17) is 0 Å². The molecule has 1 unspecified atom stereocenters. The average molecular weight is 435 g/mol. The Balaban J connectivity index is 1.82. The molecule has 0 aliphatic heterocycles. The molecule has 1 atom stereocenters. The van der Waals surface area contributed by atoms with Gasteiger partial charge in [0.05, 0.1) is 29.7 Å². The Morgan fingerprint density at radius 1 is 1.19 bits per heavy atom. The van der Waals surface area contributed by atoms with E-state index in [-0.39, 0.29) is 5.69 Å². The lowest BCUT2D eigenvalue weighted by molar-refractivity contribution is -0.274. The fourth-order valence-electron chi connectivity index (χ4n) is 2.87. The number of alkyl halides is 3. The summed E-state index contributed by atoms with van der Waals surface area (Å²) >= 11 is 0. The van der Waals surface area contributed by atoms with Crippen molar-refractivity contribution < 1.29 is 27.8 Å². The number of imidazole rings is 1. The van der Waals surface area contributed by atoms with E-state index < -0.39 is 29.7 Å². The maximum Gasteiger partial charge on any atom is 0.573 e. The van der Waals surface area contributed by atoms with Gasteiger partial charge in [-0.2, -0.15) is 0 Å². The van der Waals surface area contributed by atoms with Crippen molar-refractivity contribution in [3.63, 3.8) is 0 Å². The topological polar surface area (TPSA) is 102 Å². The van der Waals surface area contributed by atoms with Gasteiger partial charge in [-0.25, -0.2) is 9.97 Å². The molecule has 0 aliphatic carbocycles. The minimum Gasteiger partial charge on any atom is -0.406 e. The first-order valence-electron chi connectivity index (χ1n) is 9.14. The zero-order valence-electron chi connectivity index (χ0n) is 16.9. The van der Waals surface area contributed by atoms with Gasteiger partial charge < -0.3 is 15.2 Å². The van der Waals surface area contributed by atoms with Crippen molar-refractivity contribution >= 4 is 5.91 Å². The molecule has 2 heterocycles. The van der Waals surface area contributed by atoms with E-state index >= 15 is 0 Å². The lowest BCUT2D eigenvalue weighted by atomic mass is 9.91. The lowest BCUT2D eigenvalue weighted by Gasteiger charge is -2.30. The summed E-state index contributed by atoms with van der Waals surface area (Å²) < 4.78 is 42.6. The number of aromatic nitrogens is 4. The summed E-state index contributed by atoms with van der Waals surface area (Å²) in [4.78, 5) is 25.2. The van der Waals surface area contributed by atoms with Crippen LogP contribution in [0.15, 0.2) is 49.2 Å². The third kappa shape index (κ3) is 5.79. The zero-order chi connectivity index (χ0) is 22.8. The Morgan fingerprint density at radius 2 is 1.87 bits per heavy atom. The summed E-state index contributed by atoms with van der Waals surface area (Å²) in [5, 5.41) is 13.2. The van der Waals surface area contributed by atoms with Crippen LogP contribution in [0.25, 0.3) is 5.82 Å². The molecule has 1 amide bonds. The van der Waals surface area contributed by atoms with Crippen molar-refractivity contribution in [2.45, 2.75) is 38.8 Å². The van der Waals surface area contributed by atoms with Crippen molar-refractivity contribution in [1.82, 2.24) is 24.8 Å². The highest BCUT2D eigenvalue weighted by Crippen LogP contribution is 2.29. The number of nitrogens with zero attached hydrogens (tertiary/aromatic N) is 4. The molecule has 2 aromatic heterocycles. The third-order valence-corrected chi connectivity index (χ3v) is 4.26. The maximum atomic E-state index is 12.8. The molecule has 0 saturated carbocycles. The fraction of sp³-hybridized carbons (Fsp3) is 0.300. The standard InChI is InChI=1S/C20H20F3N5O3/c1-12-10-28(11-25-12)16-9-24-8-15(26-16)18(29)27-17(19(2,3)30)13-4-6-14(7-5-13)31-20(21,22)23/h4-11,17,30H,1-3H3,(H,27,29). The number of nitrogens with one attached hydrogen (secondary N) is 1. The Hall–Kier alpha value is -3.47. The average Bonchev–Trinajstić information content (AvgIpc) is 3.11. The van der Waals surface area contributed by atoms with Gasteiger partial charge in [-0.1, -0.05) is 12.1 Å². The number of hydrogen-bond donors (Lipinski definition) is 2. The van der Waals surface area contributed by atoms with Crippen molar-refractivity contribution in [3.8, 4) is 11.6 Å². The van der Waals surface area contributed by atoms with E-state index in [1.165, 1.54) is 44.7 Å². The van der Waals surface area contributed by atoms with Gasteiger partial charge in [0.1, 0.15) is 17.8 Å². The number of amides is 1. The molecule has 3 aromatic rings. The normalized spacial score (nSPS) is 13.0. The number of halogens is 3. The third-order valence-electron chi connectivity index (χ3n) is 4.26. The Kier molecular flexibility index (Phi) is 5.98. The molecule has 11 heteroatoms. The van der Waals surface area contributed by atoms with Gasteiger partial charge in [0.25, 0.3) is 5.91 Å². The molecule has 0 fully saturated rings. The van der Waals surface area contributed by atoms with Crippen LogP contribution < -0.4 is 10.1 Å². The van der Waals surface area contributed by atoms with Gasteiger partial charge in [-0.05, 0) is 38.5 Å². The Labute approximate surface area is 175 Å². The quantitative estimate of drug-likeness (QED) is 0.617. The monoisotopic (exact) mass is 435 g/mol. The number of aryl methyl sites for hydroxylation is 1. The number of ether oxygens (including phenoxy) is 1. The predicted molar refractivity (Wildman–Crippen MR) is 104 cm³/mol. The number of carbonyl (C=O) groups excluding carboxylic acids is 1. The van der Waals surface area contributed by atoms with Gasteiger partial charge in [0.15, 0.2) is 5.82 Å². The molecule has 2 N–H and O–H groups in total. The van der Waals surface area contributed by atoms with E-state index in [1.54, 1.807) is 17.7 Å². The second kappa shape index (κ2) is 8.34. The molecule has 0 saturated heterocycles. The van der Waals surface area contributed by atoms with Crippen LogP contribution >= 0.6 is 0 Å². The first kappa shape index (κ1) is 22.2. The number of carbonyl (C=O) groups is 1. The molecule has 0 radical (unpaired) electrons. The van der Waals surface area contributed by atoms with Crippen LogP contribution in [-0.2, 0) is 0 Å². The van der Waals surface area contributed by atoms with Crippen LogP contribution in [0.2, 0.25) is 0 Å². The smallest absolute Gasteiger partial charge is 0.406 e. The fourth-order valence-corrected chi connectivity index (χ4v) is 2.87.